The average Bonchev–Trinajstić information content (AvgIpc) is 3.32. The zero-order chi connectivity index (χ0) is 29.7. The van der Waals surface area contributed by atoms with Gasteiger partial charge in [-0.15, -0.1) is 34.8 Å². The maximum absolute atomic E-state index is 10.6. The molecule has 3 N–H and O–H groups in total. The van der Waals surface area contributed by atoms with Crippen LogP contribution in [0.25, 0.3) is 0 Å². The van der Waals surface area contributed by atoms with Crippen LogP contribution in [0.1, 0.15) is 52.7 Å². The normalized spacial score (nSPS) is 8.92. The first-order valence-electron chi connectivity index (χ1n) is 10.1. The molecule has 1 heterocycles. The van der Waals surface area contributed by atoms with E-state index < -0.39 is 10.4 Å². The highest BCUT2D eigenvalue weighted by atomic mass is 36.0. The minimum Gasteiger partial charge on any atom is -0.444 e. The second-order valence-corrected chi connectivity index (χ2v) is 13.2. The summed E-state index contributed by atoms with van der Waals surface area (Å²) >= 11 is 34.0. The summed E-state index contributed by atoms with van der Waals surface area (Å²) in [5, 5.41) is -1.37. The number of ketones is 2. The molecule has 0 unspecified atom stereocenters. The molecule has 0 fully saturated rings. The lowest BCUT2D eigenvalue weighted by Crippen LogP contribution is -2.29. The molecule has 36 heavy (non-hydrogen) atoms. The molecule has 1 rings (SSSR count). The van der Waals surface area contributed by atoms with E-state index >= 15 is 0 Å². The van der Waals surface area contributed by atoms with E-state index in [0.717, 1.165) is 12.2 Å². The Morgan fingerprint density at radius 2 is 1.47 bits per heavy atom. The Balaban J connectivity index is -0.000000113. The first kappa shape index (κ1) is 45.8. The fourth-order valence-electron chi connectivity index (χ4n) is 0.943. The summed E-state index contributed by atoms with van der Waals surface area (Å²) < 4.78 is 14.7. The number of nitrogens with one attached hydrogen (secondary N) is 1. The van der Waals surface area contributed by atoms with Gasteiger partial charge in [0.15, 0.2) is 5.78 Å². The molecular formula is C19H33Cl7N3O6P. The number of hydrogen-bond donors (Lipinski definition) is 2. The van der Waals surface area contributed by atoms with E-state index in [9.17, 15) is 23.7 Å². The second-order valence-electron chi connectivity index (χ2n) is 5.30. The Morgan fingerprint density at radius 3 is 1.67 bits per heavy atom. The van der Waals surface area contributed by atoms with Gasteiger partial charge >= 0.3 is 5.20 Å². The van der Waals surface area contributed by atoms with Crippen LogP contribution in [0.5, 0.6) is 0 Å². The number of hydrogen-bond acceptors (Lipinski definition) is 8. The zero-order valence-corrected chi connectivity index (χ0v) is 26.8. The van der Waals surface area contributed by atoms with Crippen LogP contribution in [0.15, 0.2) is 10.6 Å². The summed E-state index contributed by atoms with van der Waals surface area (Å²) in [6, 6.07) is 0. The highest BCUT2D eigenvalue weighted by Crippen LogP contribution is 2.61. The van der Waals surface area contributed by atoms with Gasteiger partial charge in [0.25, 0.3) is 0 Å². The molecule has 0 saturated carbocycles. The van der Waals surface area contributed by atoms with Gasteiger partial charge in [-0.1, -0.05) is 27.7 Å². The third kappa shape index (κ3) is 54.7. The van der Waals surface area contributed by atoms with E-state index in [1.807, 2.05) is 20.8 Å². The molecule has 17 heteroatoms. The van der Waals surface area contributed by atoms with E-state index in [1.165, 1.54) is 6.92 Å². The summed E-state index contributed by atoms with van der Waals surface area (Å²) in [6.07, 6.45) is 3.03. The molecule has 1 aromatic heterocycles. The first-order valence-corrected chi connectivity index (χ1v) is 16.5. The van der Waals surface area contributed by atoms with E-state index in [-0.39, 0.29) is 42.3 Å². The minimum atomic E-state index is -3.22. The lowest BCUT2D eigenvalue weighted by Gasteiger charge is -1.98. The highest BCUT2D eigenvalue weighted by Gasteiger charge is 2.03. The van der Waals surface area contributed by atoms with Gasteiger partial charge in [-0.3, -0.25) is 23.7 Å². The molecule has 0 aromatic carbocycles. The predicted molar refractivity (Wildman–Crippen MR) is 152 cm³/mol. The molecule has 0 saturated heterocycles. The van der Waals surface area contributed by atoms with Crippen molar-refractivity contribution in [2.45, 2.75) is 53.3 Å². The van der Waals surface area contributed by atoms with Gasteiger partial charge in [0.1, 0.15) is 17.4 Å². The van der Waals surface area contributed by atoms with Crippen molar-refractivity contribution in [3.8, 4) is 0 Å². The van der Waals surface area contributed by atoms with Crippen molar-refractivity contribution in [2.75, 3.05) is 24.8 Å². The maximum atomic E-state index is 10.6. The van der Waals surface area contributed by atoms with E-state index in [0.29, 0.717) is 18.2 Å². The van der Waals surface area contributed by atoms with Gasteiger partial charge in [-0.2, -0.15) is 0 Å². The topological polar surface area (TPSA) is 149 Å². The Hall–Kier alpha value is -0.0900. The molecule has 0 aliphatic rings. The molecule has 214 valence electrons. The summed E-state index contributed by atoms with van der Waals surface area (Å²) in [5.74, 6) is 1.42. The number of aryl methyl sites for hydroxylation is 1. The van der Waals surface area contributed by atoms with Crippen LogP contribution >= 0.6 is 85.3 Å². The van der Waals surface area contributed by atoms with Crippen molar-refractivity contribution in [2.24, 2.45) is 5.73 Å². The number of nitrogens with zero attached hydrogens (tertiary/aromatic N) is 1. The summed E-state index contributed by atoms with van der Waals surface area (Å²) in [5.41, 5.74) is 4.82. The van der Waals surface area contributed by atoms with Gasteiger partial charge in [-0.25, -0.2) is 4.98 Å². The standard InChI is InChI=1S/C6H10ClNO2.C6H8ClNO.C3H7NO.C2H2Cl2O.C2H6.Cl3OP/c1-2-5(9)4-8-6(10)3-7;1-2-5-4-8-6(3-7)9-5;1-3(5)2-4;3-1-2(4)5;1-2;1-5(2,3)4/h2-4H2,1H3,(H,8,10);4H,2-3H2,1H3;2,4H2,1H3;1H2;1-2H3;. The van der Waals surface area contributed by atoms with Gasteiger partial charge < -0.3 is 15.5 Å². The largest absolute Gasteiger partial charge is 0.444 e. The Bertz CT molecular complexity index is 692. The quantitative estimate of drug-likeness (QED) is 0.176. The van der Waals surface area contributed by atoms with Crippen molar-refractivity contribution >= 4 is 108 Å². The monoisotopic (exact) mass is 675 g/mol. The van der Waals surface area contributed by atoms with Crippen LogP contribution in [0.2, 0.25) is 0 Å². The summed E-state index contributed by atoms with van der Waals surface area (Å²) in [7, 11) is 0. The first-order chi connectivity index (χ1) is 16.6. The van der Waals surface area contributed by atoms with E-state index in [4.69, 9.17) is 56.6 Å². The number of rotatable bonds is 8. The summed E-state index contributed by atoms with van der Waals surface area (Å²) in [6.45, 7) is 9.48. The number of alkyl halides is 3. The molecule has 0 atom stereocenters. The van der Waals surface area contributed by atoms with Crippen molar-refractivity contribution in [1.82, 2.24) is 10.3 Å². The SMILES string of the molecule is CC.CC(=O)CN.CCC(=O)CNC(=O)CCl.CCc1cnc(CCl)o1.O=C(Cl)CCl.O=P(Cl)(Cl)Cl. The molecule has 0 aliphatic heterocycles. The second kappa shape index (κ2) is 32.9. The van der Waals surface area contributed by atoms with Crippen LogP contribution in [0.4, 0.5) is 0 Å². The molecule has 1 aromatic rings. The van der Waals surface area contributed by atoms with Gasteiger partial charge in [-0.05, 0) is 52.2 Å². The van der Waals surface area contributed by atoms with Crippen molar-refractivity contribution in [3.05, 3.63) is 17.8 Å². The number of aromatic nitrogens is 1. The molecule has 9 nitrogen and oxygen atoms in total. The number of amides is 1. The Labute approximate surface area is 247 Å². The van der Waals surface area contributed by atoms with Crippen molar-refractivity contribution in [3.63, 3.8) is 0 Å². The highest BCUT2D eigenvalue weighted by molar-refractivity contribution is 8.24. The smallest absolute Gasteiger partial charge is 0.339 e. The van der Waals surface area contributed by atoms with Crippen LogP contribution in [-0.4, -0.2) is 52.5 Å². The fourth-order valence-corrected chi connectivity index (χ4v) is 1.16. The average molecular weight is 679 g/mol. The fraction of sp³-hybridized carbons (Fsp3) is 0.632. The van der Waals surface area contributed by atoms with Gasteiger partial charge in [0.05, 0.1) is 31.0 Å². The lowest BCUT2D eigenvalue weighted by molar-refractivity contribution is -0.123. The molecule has 1 amide bonds. The van der Waals surface area contributed by atoms with Crippen LogP contribution < -0.4 is 11.1 Å². The molecular weight excluding hydrogens is 645 g/mol. The molecule has 0 bridgehead atoms. The molecule has 0 aliphatic carbocycles. The number of carbonyl (C=O) groups excluding carboxylic acids is 4. The number of oxazole rings is 1. The third-order valence-electron chi connectivity index (χ3n) is 2.46. The van der Waals surface area contributed by atoms with Gasteiger partial charge in [0.2, 0.25) is 17.0 Å². The third-order valence-corrected chi connectivity index (χ3v) is 3.44. The van der Waals surface area contributed by atoms with Crippen LogP contribution in [-0.2, 0) is 36.0 Å². The maximum Gasteiger partial charge on any atom is 0.339 e. The Kier molecular flexibility index (Phi) is 41.9. The van der Waals surface area contributed by atoms with E-state index in [1.54, 1.807) is 13.1 Å². The lowest BCUT2D eigenvalue weighted by atomic mass is 10.3. The molecule has 0 radical (unpaired) electrons. The number of Topliss-reactive ketones (excluding diaryl/α,β-unsaturated/α-hetero) is 2. The van der Waals surface area contributed by atoms with Crippen LogP contribution in [0.3, 0.4) is 0 Å². The van der Waals surface area contributed by atoms with E-state index in [2.05, 4.69) is 44.0 Å². The number of nitrogens with two attached hydrogens (primary N) is 1. The Morgan fingerprint density at radius 1 is 1.06 bits per heavy atom. The van der Waals surface area contributed by atoms with Gasteiger partial charge in [0, 0.05) is 12.8 Å². The summed E-state index contributed by atoms with van der Waals surface area (Å²) in [4.78, 5) is 44.1. The minimum absolute atomic E-state index is 0.0125. The molecule has 0 spiro atoms. The van der Waals surface area contributed by atoms with Crippen molar-refractivity contribution in [1.29, 1.82) is 0 Å². The number of carbonyl (C=O) groups is 4. The van der Waals surface area contributed by atoms with Crippen molar-refractivity contribution < 1.29 is 28.2 Å². The zero-order valence-electron chi connectivity index (χ0n) is 20.6. The van der Waals surface area contributed by atoms with Crippen LogP contribution in [0, 0.1) is 0 Å². The predicted octanol–water partition coefficient (Wildman–Crippen LogP) is 6.66. The number of halogens is 7.